The van der Waals surface area contributed by atoms with Crippen LogP contribution in [-0.4, -0.2) is 4.98 Å². The van der Waals surface area contributed by atoms with Gasteiger partial charge in [0.25, 0.3) is 0 Å². The van der Waals surface area contributed by atoms with Crippen molar-refractivity contribution in [2.24, 2.45) is 17.8 Å². The lowest BCUT2D eigenvalue weighted by Crippen LogP contribution is -2.48. The molecular weight excluding hydrogens is 224 g/mol. The van der Waals surface area contributed by atoms with Crippen LogP contribution >= 0.6 is 0 Å². The Morgan fingerprint density at radius 3 is 2.28 bits per heavy atom. The first-order valence-corrected chi connectivity index (χ1v) is 7.50. The largest absolute Gasteiger partial charge is 0.443 e. The fraction of sp³-hybridized carbons (Fsp3) is 0.800. The Hall–Kier alpha value is -0.830. The van der Waals surface area contributed by atoms with E-state index in [1.807, 2.05) is 0 Å². The number of hydrogen-bond donors (Lipinski definition) is 1. The Balaban J connectivity index is 1.58. The molecule has 1 aromatic rings. The third-order valence-corrected chi connectivity index (χ3v) is 5.85. The lowest BCUT2D eigenvalue weighted by atomic mass is 9.49. The maximum absolute atomic E-state index is 6.14. The fourth-order valence-corrected chi connectivity index (χ4v) is 5.55. The van der Waals surface area contributed by atoms with Crippen LogP contribution in [-0.2, 0) is 18.5 Å². The number of aromatic nitrogens is 1. The van der Waals surface area contributed by atoms with Crippen molar-refractivity contribution in [2.45, 2.75) is 57.0 Å². The van der Waals surface area contributed by atoms with Crippen molar-refractivity contribution in [1.82, 2.24) is 10.3 Å². The maximum atomic E-state index is 6.14. The Bertz CT molecular complexity index is 448. The van der Waals surface area contributed by atoms with Crippen molar-refractivity contribution < 1.29 is 4.42 Å². The zero-order valence-corrected chi connectivity index (χ0v) is 10.7. The molecule has 4 fully saturated rings. The molecule has 0 amide bonds. The van der Waals surface area contributed by atoms with Gasteiger partial charge in [-0.15, -0.1) is 0 Å². The Morgan fingerprint density at radius 1 is 1.00 bits per heavy atom. The number of nitrogens with one attached hydrogen (secondary N) is 1. The molecule has 5 aliphatic rings. The summed E-state index contributed by atoms with van der Waals surface area (Å²) in [4.78, 5) is 4.85. The van der Waals surface area contributed by atoms with E-state index in [-0.39, 0.29) is 0 Å². The summed E-state index contributed by atoms with van der Waals surface area (Å²) in [5.74, 6) is 5.12. The van der Waals surface area contributed by atoms with Gasteiger partial charge in [-0.2, -0.15) is 0 Å². The van der Waals surface area contributed by atoms with Gasteiger partial charge in [0, 0.05) is 12.0 Å². The SMILES string of the molecule is C1NCc2oc(C34CC5CC(CC(C5)C3)C4)nc21. The van der Waals surface area contributed by atoms with Crippen LogP contribution in [0, 0.1) is 17.8 Å². The second kappa shape index (κ2) is 3.19. The molecule has 2 heterocycles. The minimum atomic E-state index is 0.332. The molecule has 3 heteroatoms. The first-order valence-electron chi connectivity index (χ1n) is 7.50. The third kappa shape index (κ3) is 1.21. The number of oxazole rings is 1. The number of hydrogen-bond acceptors (Lipinski definition) is 3. The zero-order chi connectivity index (χ0) is 11.7. The summed E-state index contributed by atoms with van der Waals surface area (Å²) in [7, 11) is 0. The topological polar surface area (TPSA) is 38.1 Å². The first-order chi connectivity index (χ1) is 8.81. The lowest BCUT2D eigenvalue weighted by Gasteiger charge is -2.55. The first kappa shape index (κ1) is 10.0. The van der Waals surface area contributed by atoms with Gasteiger partial charge in [0.1, 0.15) is 5.76 Å². The molecule has 4 aliphatic carbocycles. The van der Waals surface area contributed by atoms with E-state index in [9.17, 15) is 0 Å². The highest BCUT2D eigenvalue weighted by Crippen LogP contribution is 2.60. The second-order valence-electron chi connectivity index (χ2n) is 7.19. The van der Waals surface area contributed by atoms with Gasteiger partial charge >= 0.3 is 0 Å². The Morgan fingerprint density at radius 2 is 1.67 bits per heavy atom. The van der Waals surface area contributed by atoms with E-state index >= 15 is 0 Å². The molecule has 0 aromatic carbocycles. The van der Waals surface area contributed by atoms with E-state index in [0.29, 0.717) is 5.41 Å². The molecule has 0 saturated heterocycles. The Labute approximate surface area is 107 Å². The van der Waals surface area contributed by atoms with Crippen LogP contribution < -0.4 is 5.32 Å². The lowest BCUT2D eigenvalue weighted by molar-refractivity contribution is -0.0183. The summed E-state index contributed by atoms with van der Waals surface area (Å²) >= 11 is 0. The van der Waals surface area contributed by atoms with Gasteiger partial charge in [0.2, 0.25) is 5.89 Å². The average Bonchev–Trinajstić information content (AvgIpc) is 2.86. The zero-order valence-electron chi connectivity index (χ0n) is 10.7. The summed E-state index contributed by atoms with van der Waals surface area (Å²) in [5.41, 5.74) is 1.51. The van der Waals surface area contributed by atoms with E-state index in [0.717, 1.165) is 42.5 Å². The van der Waals surface area contributed by atoms with Gasteiger partial charge in [-0.25, -0.2) is 4.98 Å². The van der Waals surface area contributed by atoms with Crippen molar-refractivity contribution in [3.8, 4) is 0 Å². The van der Waals surface area contributed by atoms with Crippen LogP contribution in [0.25, 0.3) is 0 Å². The molecule has 1 N–H and O–H groups in total. The second-order valence-corrected chi connectivity index (χ2v) is 7.19. The van der Waals surface area contributed by atoms with Crippen LogP contribution in [0.5, 0.6) is 0 Å². The van der Waals surface area contributed by atoms with Crippen molar-refractivity contribution in [3.05, 3.63) is 17.3 Å². The standard InChI is InChI=1S/C15H20N2O/c1-9-2-11-3-10(1)5-15(4-9,6-11)14-17-12-7-16-8-13(12)18-14/h9-11,16H,1-8H2. The molecule has 4 bridgehead atoms. The molecule has 18 heavy (non-hydrogen) atoms. The molecule has 6 rings (SSSR count). The predicted octanol–water partition coefficient (Wildman–Crippen LogP) is 2.75. The smallest absolute Gasteiger partial charge is 0.201 e. The highest BCUT2D eigenvalue weighted by molar-refractivity contribution is 5.21. The number of rotatable bonds is 1. The molecule has 0 spiro atoms. The summed E-state index contributed by atoms with van der Waals surface area (Å²) in [6.45, 7) is 1.79. The van der Waals surface area contributed by atoms with E-state index in [2.05, 4.69) is 5.32 Å². The van der Waals surface area contributed by atoms with Crippen molar-refractivity contribution in [3.63, 3.8) is 0 Å². The van der Waals surface area contributed by atoms with E-state index in [1.54, 1.807) is 0 Å². The van der Waals surface area contributed by atoms with Gasteiger partial charge in [-0.1, -0.05) is 0 Å². The minimum absolute atomic E-state index is 0.332. The monoisotopic (exact) mass is 244 g/mol. The van der Waals surface area contributed by atoms with Crippen LogP contribution in [0.4, 0.5) is 0 Å². The van der Waals surface area contributed by atoms with E-state index < -0.39 is 0 Å². The van der Waals surface area contributed by atoms with Crippen LogP contribution in [0.1, 0.15) is 55.9 Å². The highest BCUT2D eigenvalue weighted by Gasteiger charge is 2.54. The minimum Gasteiger partial charge on any atom is -0.443 e. The summed E-state index contributed by atoms with van der Waals surface area (Å²) in [6.07, 6.45) is 8.52. The van der Waals surface area contributed by atoms with Crippen LogP contribution in [0.15, 0.2) is 4.42 Å². The quantitative estimate of drug-likeness (QED) is 0.825. The van der Waals surface area contributed by atoms with Crippen LogP contribution in [0.2, 0.25) is 0 Å². The molecule has 96 valence electrons. The van der Waals surface area contributed by atoms with Gasteiger partial charge in [0.05, 0.1) is 12.2 Å². The molecule has 4 saturated carbocycles. The number of fused-ring (bicyclic) bond motifs is 1. The molecule has 3 nitrogen and oxygen atoms in total. The van der Waals surface area contributed by atoms with Crippen LogP contribution in [0.3, 0.4) is 0 Å². The molecule has 0 radical (unpaired) electrons. The summed E-state index contributed by atoms with van der Waals surface area (Å²) < 4.78 is 6.14. The number of nitrogens with zero attached hydrogens (tertiary/aromatic N) is 1. The van der Waals surface area contributed by atoms with E-state index in [1.165, 1.54) is 44.2 Å². The highest BCUT2D eigenvalue weighted by atomic mass is 16.4. The summed E-state index contributed by atoms with van der Waals surface area (Å²) in [6, 6.07) is 0. The predicted molar refractivity (Wildman–Crippen MR) is 66.9 cm³/mol. The maximum Gasteiger partial charge on any atom is 0.201 e. The molecule has 1 aromatic heterocycles. The molecule has 0 unspecified atom stereocenters. The third-order valence-electron chi connectivity index (χ3n) is 5.85. The van der Waals surface area contributed by atoms with Gasteiger partial charge in [-0.3, -0.25) is 0 Å². The van der Waals surface area contributed by atoms with Gasteiger partial charge < -0.3 is 9.73 Å². The van der Waals surface area contributed by atoms with Gasteiger partial charge in [-0.05, 0) is 56.3 Å². The van der Waals surface area contributed by atoms with E-state index in [4.69, 9.17) is 9.40 Å². The van der Waals surface area contributed by atoms with Crippen molar-refractivity contribution in [2.75, 3.05) is 0 Å². The molecule has 0 atom stereocenters. The molecular formula is C15H20N2O. The molecule has 1 aliphatic heterocycles. The van der Waals surface area contributed by atoms with Crippen molar-refractivity contribution in [1.29, 1.82) is 0 Å². The van der Waals surface area contributed by atoms with Gasteiger partial charge in [0.15, 0.2) is 0 Å². The normalized spacial score (nSPS) is 44.6. The van der Waals surface area contributed by atoms with Crippen molar-refractivity contribution >= 4 is 0 Å². The fourth-order valence-electron chi connectivity index (χ4n) is 5.55. The Kier molecular flexibility index (Phi) is 1.77. The average molecular weight is 244 g/mol. The summed E-state index contributed by atoms with van der Waals surface area (Å²) in [5, 5.41) is 3.31.